The van der Waals surface area contributed by atoms with Crippen LogP contribution in [-0.4, -0.2) is 25.8 Å². The molecular weight excluding hydrogens is 250 g/mol. The maximum absolute atomic E-state index is 11.9. The molecule has 0 aliphatic carbocycles. The largest absolute Gasteiger partial charge is 0.481 e. The zero-order valence-corrected chi connectivity index (χ0v) is 10.7. The van der Waals surface area contributed by atoms with Crippen LogP contribution in [0.4, 0.5) is 0 Å². The molecule has 0 saturated heterocycles. The van der Waals surface area contributed by atoms with Gasteiger partial charge in [0.2, 0.25) is 0 Å². The van der Waals surface area contributed by atoms with Crippen molar-refractivity contribution in [1.82, 2.24) is 14.7 Å². The van der Waals surface area contributed by atoms with Crippen LogP contribution in [0.25, 0.3) is 5.69 Å². The van der Waals surface area contributed by atoms with Gasteiger partial charge < -0.3 is 9.63 Å². The standard InChI is InChI=1S/C12H13N3O4/c1-6(11(16)17)10-7(2)14-12(18)15(8(10)3)9-4-13-19-5-9/h4-6H,1-3H3,(H,16,17). The highest BCUT2D eigenvalue weighted by molar-refractivity contribution is 5.76. The molecule has 0 aliphatic heterocycles. The summed E-state index contributed by atoms with van der Waals surface area (Å²) in [6.45, 7) is 4.86. The van der Waals surface area contributed by atoms with E-state index in [1.165, 1.54) is 17.0 Å². The molecule has 100 valence electrons. The number of aromatic nitrogens is 3. The molecular formula is C12H13N3O4. The average Bonchev–Trinajstić information content (AvgIpc) is 2.81. The Balaban J connectivity index is 2.74. The van der Waals surface area contributed by atoms with Crippen LogP contribution in [0, 0.1) is 13.8 Å². The number of aryl methyl sites for hydroxylation is 1. The molecule has 0 amide bonds. The van der Waals surface area contributed by atoms with Crippen LogP contribution in [0.2, 0.25) is 0 Å². The average molecular weight is 263 g/mol. The van der Waals surface area contributed by atoms with Crippen molar-refractivity contribution in [2.24, 2.45) is 0 Å². The molecule has 7 nitrogen and oxygen atoms in total. The summed E-state index contributed by atoms with van der Waals surface area (Å²) in [5.41, 5.74) is 1.40. The normalized spacial score (nSPS) is 12.4. The van der Waals surface area contributed by atoms with E-state index in [0.29, 0.717) is 22.6 Å². The van der Waals surface area contributed by atoms with Crippen molar-refractivity contribution in [3.63, 3.8) is 0 Å². The molecule has 1 N–H and O–H groups in total. The summed E-state index contributed by atoms with van der Waals surface area (Å²) in [5, 5.41) is 12.7. The summed E-state index contributed by atoms with van der Waals surface area (Å²) < 4.78 is 5.99. The Kier molecular flexibility index (Phi) is 3.20. The first-order valence-electron chi connectivity index (χ1n) is 5.66. The maximum atomic E-state index is 11.9. The van der Waals surface area contributed by atoms with Crippen LogP contribution in [-0.2, 0) is 4.79 Å². The minimum atomic E-state index is -0.969. The molecule has 0 bridgehead atoms. The summed E-state index contributed by atoms with van der Waals surface area (Å²) >= 11 is 0. The fraction of sp³-hybridized carbons (Fsp3) is 0.333. The molecule has 2 aromatic heterocycles. The van der Waals surface area contributed by atoms with Crippen LogP contribution >= 0.6 is 0 Å². The summed E-state index contributed by atoms with van der Waals surface area (Å²) in [6.07, 6.45) is 2.68. The number of rotatable bonds is 3. The molecule has 0 fully saturated rings. The fourth-order valence-corrected chi connectivity index (χ4v) is 2.14. The summed E-state index contributed by atoms with van der Waals surface area (Å²) in [7, 11) is 0. The molecule has 2 aromatic rings. The van der Waals surface area contributed by atoms with Crippen molar-refractivity contribution < 1.29 is 14.4 Å². The van der Waals surface area contributed by atoms with Gasteiger partial charge in [0.05, 0.1) is 12.1 Å². The van der Waals surface area contributed by atoms with Crippen molar-refractivity contribution in [2.45, 2.75) is 26.7 Å². The summed E-state index contributed by atoms with van der Waals surface area (Å²) in [6, 6.07) is 0. The van der Waals surface area contributed by atoms with Crippen LogP contribution in [0.1, 0.15) is 29.8 Å². The third-order valence-corrected chi connectivity index (χ3v) is 3.05. The molecule has 0 aliphatic rings. The number of hydrogen-bond acceptors (Lipinski definition) is 5. The van der Waals surface area contributed by atoms with Crippen LogP contribution < -0.4 is 5.69 Å². The van der Waals surface area contributed by atoms with E-state index in [0.717, 1.165) is 0 Å². The first kappa shape index (κ1) is 13.0. The Morgan fingerprint density at radius 3 is 2.68 bits per heavy atom. The number of carboxylic acids is 1. The molecule has 19 heavy (non-hydrogen) atoms. The van der Waals surface area contributed by atoms with Gasteiger partial charge in [-0.25, -0.2) is 4.79 Å². The van der Waals surface area contributed by atoms with E-state index in [9.17, 15) is 9.59 Å². The van der Waals surface area contributed by atoms with Gasteiger partial charge in [0.25, 0.3) is 0 Å². The lowest BCUT2D eigenvalue weighted by molar-refractivity contribution is -0.138. The van der Waals surface area contributed by atoms with Crippen LogP contribution in [0.3, 0.4) is 0 Å². The highest BCUT2D eigenvalue weighted by Crippen LogP contribution is 2.22. The predicted molar refractivity (Wildman–Crippen MR) is 65.4 cm³/mol. The number of carboxylic acid groups (broad SMARTS) is 1. The van der Waals surface area contributed by atoms with Crippen molar-refractivity contribution in [3.8, 4) is 5.69 Å². The van der Waals surface area contributed by atoms with Gasteiger partial charge in [-0.15, -0.1) is 0 Å². The lowest BCUT2D eigenvalue weighted by Gasteiger charge is -2.16. The maximum Gasteiger partial charge on any atom is 0.352 e. The van der Waals surface area contributed by atoms with Gasteiger partial charge in [0.15, 0.2) is 0 Å². The second kappa shape index (κ2) is 4.68. The smallest absolute Gasteiger partial charge is 0.352 e. The molecule has 0 saturated carbocycles. The van der Waals surface area contributed by atoms with Gasteiger partial charge in [-0.3, -0.25) is 9.36 Å². The van der Waals surface area contributed by atoms with Crippen molar-refractivity contribution in [2.75, 3.05) is 0 Å². The highest BCUT2D eigenvalue weighted by Gasteiger charge is 2.23. The van der Waals surface area contributed by atoms with E-state index in [4.69, 9.17) is 9.63 Å². The van der Waals surface area contributed by atoms with E-state index >= 15 is 0 Å². The number of carbonyl (C=O) groups is 1. The van der Waals surface area contributed by atoms with E-state index in [1.807, 2.05) is 0 Å². The third kappa shape index (κ3) is 2.14. The van der Waals surface area contributed by atoms with Crippen molar-refractivity contribution in [1.29, 1.82) is 0 Å². The minimum absolute atomic E-state index is 0.421. The van der Waals surface area contributed by atoms with Crippen LogP contribution in [0.15, 0.2) is 21.8 Å². The second-order valence-corrected chi connectivity index (χ2v) is 4.26. The first-order valence-corrected chi connectivity index (χ1v) is 5.66. The molecule has 1 atom stereocenters. The molecule has 2 heterocycles. The number of hydrogen-bond donors (Lipinski definition) is 1. The Labute approximate surface area is 108 Å². The topological polar surface area (TPSA) is 98.2 Å². The van der Waals surface area contributed by atoms with Gasteiger partial charge in [-0.1, -0.05) is 5.16 Å². The number of aliphatic carboxylic acids is 1. The second-order valence-electron chi connectivity index (χ2n) is 4.26. The number of nitrogens with zero attached hydrogens (tertiary/aromatic N) is 3. The Bertz CT molecular complexity index is 673. The zero-order valence-electron chi connectivity index (χ0n) is 10.7. The molecule has 2 rings (SSSR count). The van der Waals surface area contributed by atoms with E-state index in [1.54, 1.807) is 20.8 Å². The lowest BCUT2D eigenvalue weighted by atomic mass is 9.98. The Morgan fingerprint density at radius 1 is 1.47 bits per heavy atom. The lowest BCUT2D eigenvalue weighted by Crippen LogP contribution is -2.28. The SMILES string of the molecule is Cc1nc(=O)n(-c2cnoc2)c(C)c1C(C)C(=O)O. The Morgan fingerprint density at radius 2 is 2.16 bits per heavy atom. The van der Waals surface area contributed by atoms with E-state index in [2.05, 4.69) is 10.1 Å². The van der Waals surface area contributed by atoms with Crippen LogP contribution in [0.5, 0.6) is 0 Å². The van der Waals surface area contributed by atoms with E-state index < -0.39 is 17.6 Å². The molecule has 1 unspecified atom stereocenters. The fourth-order valence-electron chi connectivity index (χ4n) is 2.14. The highest BCUT2D eigenvalue weighted by atomic mass is 16.5. The van der Waals surface area contributed by atoms with Gasteiger partial charge in [0.1, 0.15) is 12.0 Å². The first-order chi connectivity index (χ1) is 8.93. The molecule has 7 heteroatoms. The monoisotopic (exact) mass is 263 g/mol. The predicted octanol–water partition coefficient (Wildman–Crippen LogP) is 1.03. The minimum Gasteiger partial charge on any atom is -0.481 e. The molecule has 0 aromatic carbocycles. The third-order valence-electron chi connectivity index (χ3n) is 3.05. The molecule has 0 spiro atoms. The van der Waals surface area contributed by atoms with E-state index in [-0.39, 0.29) is 0 Å². The molecule has 0 radical (unpaired) electrons. The van der Waals surface area contributed by atoms with Crippen molar-refractivity contribution in [3.05, 3.63) is 39.9 Å². The van der Waals surface area contributed by atoms with Gasteiger partial charge in [0, 0.05) is 17.0 Å². The van der Waals surface area contributed by atoms with Gasteiger partial charge in [-0.2, -0.15) is 4.98 Å². The quantitative estimate of drug-likeness (QED) is 0.887. The van der Waals surface area contributed by atoms with Gasteiger partial charge in [-0.05, 0) is 20.8 Å². The van der Waals surface area contributed by atoms with Crippen molar-refractivity contribution >= 4 is 5.97 Å². The summed E-state index contributed by atoms with van der Waals surface area (Å²) in [5.74, 6) is -1.72. The zero-order chi connectivity index (χ0) is 14.2. The Hall–Kier alpha value is -2.44. The van der Waals surface area contributed by atoms with Gasteiger partial charge >= 0.3 is 11.7 Å². The summed E-state index contributed by atoms with van der Waals surface area (Å²) in [4.78, 5) is 26.9.